The van der Waals surface area contributed by atoms with Crippen LogP contribution >= 0.6 is 0 Å². The van der Waals surface area contributed by atoms with E-state index >= 15 is 0 Å². The molecule has 0 unspecified atom stereocenters. The number of hydrogen-bond acceptors (Lipinski definition) is 2. The van der Waals surface area contributed by atoms with Crippen LogP contribution in [0.25, 0.3) is 0 Å². The summed E-state index contributed by atoms with van der Waals surface area (Å²) in [5.41, 5.74) is 10.1. The minimum Gasteiger partial charge on any atom is -0.398 e. The van der Waals surface area contributed by atoms with Gasteiger partial charge in [0, 0.05) is 24.0 Å². The molecule has 2 N–H and O–H groups in total. The Hall–Kier alpha value is -2.29. The van der Waals surface area contributed by atoms with Gasteiger partial charge in [0.1, 0.15) is 0 Å². The van der Waals surface area contributed by atoms with E-state index in [1.54, 1.807) is 24.1 Å². The highest BCUT2D eigenvalue weighted by atomic mass is 16.2. The van der Waals surface area contributed by atoms with E-state index in [-0.39, 0.29) is 5.91 Å². The van der Waals surface area contributed by atoms with E-state index in [0.29, 0.717) is 11.3 Å². The number of hydrogen-bond donors (Lipinski definition) is 1. The summed E-state index contributed by atoms with van der Waals surface area (Å²) in [6.07, 6.45) is 0. The molecule has 0 fully saturated rings. The van der Waals surface area contributed by atoms with Gasteiger partial charge >= 0.3 is 0 Å². The van der Waals surface area contributed by atoms with Crippen molar-refractivity contribution in [3.05, 3.63) is 59.2 Å². The molecule has 0 spiro atoms. The van der Waals surface area contributed by atoms with Crippen molar-refractivity contribution in [1.82, 2.24) is 0 Å². The van der Waals surface area contributed by atoms with Crippen LogP contribution in [-0.2, 0) is 0 Å². The highest BCUT2D eigenvalue weighted by Crippen LogP contribution is 2.19. The molecule has 0 heterocycles. The molecular weight excluding hydrogens is 236 g/mol. The second-order valence-corrected chi connectivity index (χ2v) is 4.77. The lowest BCUT2D eigenvalue weighted by molar-refractivity contribution is 0.0993. The molecule has 0 radical (unpaired) electrons. The number of anilines is 2. The molecule has 0 bridgehead atoms. The Morgan fingerprint density at radius 3 is 2.47 bits per heavy atom. The zero-order valence-electron chi connectivity index (χ0n) is 11.5. The lowest BCUT2D eigenvalue weighted by Crippen LogP contribution is -2.26. The summed E-state index contributed by atoms with van der Waals surface area (Å²) >= 11 is 0. The Morgan fingerprint density at radius 1 is 1.11 bits per heavy atom. The minimum absolute atomic E-state index is 0.0581. The predicted molar refractivity (Wildman–Crippen MR) is 79.5 cm³/mol. The van der Waals surface area contributed by atoms with Crippen molar-refractivity contribution in [1.29, 1.82) is 0 Å². The molecule has 98 valence electrons. The Labute approximate surface area is 113 Å². The predicted octanol–water partition coefficient (Wildman–Crippen LogP) is 3.16. The van der Waals surface area contributed by atoms with Crippen molar-refractivity contribution in [3.63, 3.8) is 0 Å². The maximum Gasteiger partial charge on any atom is 0.258 e. The number of benzene rings is 2. The Balaban J connectivity index is 2.30. The van der Waals surface area contributed by atoms with Gasteiger partial charge < -0.3 is 10.6 Å². The highest BCUT2D eigenvalue weighted by Gasteiger charge is 2.14. The van der Waals surface area contributed by atoms with Gasteiger partial charge in [0.2, 0.25) is 0 Å². The number of nitrogens with zero attached hydrogens (tertiary/aromatic N) is 1. The Bertz CT molecular complexity index is 620. The number of amides is 1. The van der Waals surface area contributed by atoms with E-state index in [4.69, 9.17) is 5.73 Å². The first-order valence-electron chi connectivity index (χ1n) is 6.20. The molecule has 1 amide bonds. The van der Waals surface area contributed by atoms with E-state index < -0.39 is 0 Å². The number of aryl methyl sites for hydroxylation is 2. The van der Waals surface area contributed by atoms with E-state index in [9.17, 15) is 4.79 Å². The lowest BCUT2D eigenvalue weighted by Gasteiger charge is -2.18. The lowest BCUT2D eigenvalue weighted by atomic mass is 10.1. The molecule has 0 aliphatic carbocycles. The number of nitrogen functional groups attached to an aromatic ring is 1. The zero-order valence-corrected chi connectivity index (χ0v) is 11.5. The fourth-order valence-electron chi connectivity index (χ4n) is 1.92. The second kappa shape index (κ2) is 5.14. The maximum absolute atomic E-state index is 12.4. The summed E-state index contributed by atoms with van der Waals surface area (Å²) in [6, 6.07) is 13.2. The van der Waals surface area contributed by atoms with E-state index in [1.165, 1.54) is 0 Å². The molecule has 0 aromatic heterocycles. The van der Waals surface area contributed by atoms with Crippen LogP contribution in [0.4, 0.5) is 11.4 Å². The third-order valence-corrected chi connectivity index (χ3v) is 3.22. The van der Waals surface area contributed by atoms with E-state index in [2.05, 4.69) is 0 Å². The molecule has 0 atom stereocenters. The van der Waals surface area contributed by atoms with Gasteiger partial charge in [0.15, 0.2) is 0 Å². The SMILES string of the molecule is Cc1cccc(N(C)C(=O)c2ccc(C)c(N)c2)c1. The molecular formula is C16H18N2O. The van der Waals surface area contributed by atoms with Crippen LogP contribution in [-0.4, -0.2) is 13.0 Å². The summed E-state index contributed by atoms with van der Waals surface area (Å²) in [5.74, 6) is -0.0581. The van der Waals surface area contributed by atoms with Gasteiger partial charge in [-0.3, -0.25) is 4.79 Å². The fraction of sp³-hybridized carbons (Fsp3) is 0.188. The van der Waals surface area contributed by atoms with Gasteiger partial charge in [0.05, 0.1) is 0 Å². The first kappa shape index (κ1) is 13.1. The van der Waals surface area contributed by atoms with Crippen LogP contribution in [0.2, 0.25) is 0 Å². The smallest absolute Gasteiger partial charge is 0.258 e. The summed E-state index contributed by atoms with van der Waals surface area (Å²) in [7, 11) is 1.77. The van der Waals surface area contributed by atoms with Gasteiger partial charge in [0.25, 0.3) is 5.91 Å². The highest BCUT2D eigenvalue weighted by molar-refractivity contribution is 6.06. The van der Waals surface area contributed by atoms with Gasteiger partial charge in [-0.15, -0.1) is 0 Å². The van der Waals surface area contributed by atoms with E-state index in [0.717, 1.165) is 16.8 Å². The third kappa shape index (κ3) is 2.76. The van der Waals surface area contributed by atoms with Gasteiger partial charge in [-0.1, -0.05) is 18.2 Å². The molecule has 0 saturated carbocycles. The van der Waals surface area contributed by atoms with Crippen molar-refractivity contribution < 1.29 is 4.79 Å². The average Bonchev–Trinajstić information content (AvgIpc) is 2.40. The number of rotatable bonds is 2. The summed E-state index contributed by atoms with van der Waals surface area (Å²) in [5, 5.41) is 0. The fourth-order valence-corrected chi connectivity index (χ4v) is 1.92. The largest absolute Gasteiger partial charge is 0.398 e. The van der Waals surface area contributed by atoms with Crippen molar-refractivity contribution >= 4 is 17.3 Å². The average molecular weight is 254 g/mol. The summed E-state index contributed by atoms with van der Waals surface area (Å²) in [6.45, 7) is 3.93. The molecule has 3 nitrogen and oxygen atoms in total. The molecule has 19 heavy (non-hydrogen) atoms. The minimum atomic E-state index is -0.0581. The Morgan fingerprint density at radius 2 is 1.84 bits per heavy atom. The van der Waals surface area contributed by atoms with Crippen LogP contribution in [0.1, 0.15) is 21.5 Å². The van der Waals surface area contributed by atoms with Crippen LogP contribution in [0.15, 0.2) is 42.5 Å². The maximum atomic E-state index is 12.4. The molecule has 2 aromatic rings. The van der Waals surface area contributed by atoms with Crippen LogP contribution < -0.4 is 10.6 Å². The monoisotopic (exact) mass is 254 g/mol. The molecule has 0 aliphatic rings. The van der Waals surface area contributed by atoms with Crippen molar-refractivity contribution in [2.24, 2.45) is 0 Å². The summed E-state index contributed by atoms with van der Waals surface area (Å²) in [4.78, 5) is 14.0. The third-order valence-electron chi connectivity index (χ3n) is 3.22. The van der Waals surface area contributed by atoms with Crippen molar-refractivity contribution in [3.8, 4) is 0 Å². The number of carbonyl (C=O) groups excluding carboxylic acids is 1. The standard InChI is InChI=1S/C16H18N2O/c1-11-5-4-6-14(9-11)18(3)16(19)13-8-7-12(2)15(17)10-13/h4-10H,17H2,1-3H3. The van der Waals surface area contributed by atoms with Gasteiger partial charge in [-0.05, 0) is 49.2 Å². The first-order chi connectivity index (χ1) is 8.99. The first-order valence-corrected chi connectivity index (χ1v) is 6.20. The topological polar surface area (TPSA) is 46.3 Å². The molecule has 0 aliphatic heterocycles. The molecule has 0 saturated heterocycles. The van der Waals surface area contributed by atoms with Crippen LogP contribution in [0.3, 0.4) is 0 Å². The summed E-state index contributed by atoms with van der Waals surface area (Å²) < 4.78 is 0. The zero-order chi connectivity index (χ0) is 14.0. The molecule has 3 heteroatoms. The second-order valence-electron chi connectivity index (χ2n) is 4.77. The quantitative estimate of drug-likeness (QED) is 0.837. The van der Waals surface area contributed by atoms with Crippen molar-refractivity contribution in [2.75, 3.05) is 17.7 Å². The van der Waals surface area contributed by atoms with Gasteiger partial charge in [-0.25, -0.2) is 0 Å². The van der Waals surface area contributed by atoms with Crippen LogP contribution in [0, 0.1) is 13.8 Å². The Kier molecular flexibility index (Phi) is 3.56. The van der Waals surface area contributed by atoms with Crippen molar-refractivity contribution in [2.45, 2.75) is 13.8 Å². The molecule has 2 rings (SSSR count). The van der Waals surface area contributed by atoms with E-state index in [1.807, 2.05) is 44.2 Å². The van der Waals surface area contributed by atoms with Crippen LogP contribution in [0.5, 0.6) is 0 Å². The molecule has 2 aromatic carbocycles. The number of nitrogens with two attached hydrogens (primary N) is 1. The normalized spacial score (nSPS) is 10.3. The number of carbonyl (C=O) groups is 1. The van der Waals surface area contributed by atoms with Gasteiger partial charge in [-0.2, -0.15) is 0 Å².